The van der Waals surface area contributed by atoms with Gasteiger partial charge in [-0.25, -0.2) is 0 Å². The van der Waals surface area contributed by atoms with E-state index in [-0.39, 0.29) is 24.4 Å². The van der Waals surface area contributed by atoms with Crippen molar-refractivity contribution in [3.8, 4) is 0 Å². The Balaban J connectivity index is 1.39. The number of piperazine rings is 1. The summed E-state index contributed by atoms with van der Waals surface area (Å²) in [6, 6.07) is 15.9. The molecule has 34 heavy (non-hydrogen) atoms. The van der Waals surface area contributed by atoms with E-state index in [1.54, 1.807) is 0 Å². The average molecular weight is 454 g/mol. The molecule has 2 amide bonds. The Bertz CT molecular complexity index is 1300. The van der Waals surface area contributed by atoms with Crippen LogP contribution in [0.2, 0.25) is 0 Å². The number of hydrogen-bond donors (Lipinski definition) is 1. The van der Waals surface area contributed by atoms with Gasteiger partial charge in [0.1, 0.15) is 6.04 Å². The predicted molar refractivity (Wildman–Crippen MR) is 133 cm³/mol. The van der Waals surface area contributed by atoms with Crippen molar-refractivity contribution in [2.75, 3.05) is 13.1 Å². The smallest absolute Gasteiger partial charge is 0.246 e. The molecule has 1 fully saturated rings. The molecular formula is C29H31N3O2. The molecule has 6 rings (SSSR count). The number of carbonyl (C=O) groups excluding carboxylic acids is 2. The summed E-state index contributed by atoms with van der Waals surface area (Å²) in [6.07, 6.45) is 8.53. The molecule has 0 bridgehead atoms. The number of nitrogens with one attached hydrogen (secondary N) is 1. The van der Waals surface area contributed by atoms with Crippen LogP contribution in [0.1, 0.15) is 60.5 Å². The Morgan fingerprint density at radius 2 is 1.94 bits per heavy atom. The number of rotatable bonds is 4. The van der Waals surface area contributed by atoms with E-state index in [4.69, 9.17) is 0 Å². The number of hydrogen-bond acceptors (Lipinski definition) is 2. The van der Waals surface area contributed by atoms with Gasteiger partial charge in [-0.1, -0.05) is 59.7 Å². The number of amides is 2. The molecule has 0 radical (unpaired) electrons. The van der Waals surface area contributed by atoms with Gasteiger partial charge in [0, 0.05) is 29.6 Å². The highest BCUT2D eigenvalue weighted by atomic mass is 16.2. The van der Waals surface area contributed by atoms with Crippen molar-refractivity contribution in [2.24, 2.45) is 0 Å². The largest absolute Gasteiger partial charge is 0.356 e. The minimum atomic E-state index is -0.459. The summed E-state index contributed by atoms with van der Waals surface area (Å²) in [4.78, 5) is 34.7. The van der Waals surface area contributed by atoms with E-state index in [1.165, 1.54) is 24.0 Å². The summed E-state index contributed by atoms with van der Waals surface area (Å²) in [7, 11) is 0. The van der Waals surface area contributed by atoms with Gasteiger partial charge >= 0.3 is 0 Å². The minimum absolute atomic E-state index is 0.0398. The van der Waals surface area contributed by atoms with Gasteiger partial charge in [-0.05, 0) is 56.2 Å². The van der Waals surface area contributed by atoms with Gasteiger partial charge in [-0.2, -0.15) is 0 Å². The number of allylic oxidation sites excluding steroid dienone is 1. The second-order valence-corrected chi connectivity index (χ2v) is 10.0. The fraction of sp³-hybridized carbons (Fsp3) is 0.379. The number of benzene rings is 2. The molecule has 1 aromatic heterocycles. The molecule has 2 aromatic carbocycles. The molecular weight excluding hydrogens is 422 g/mol. The zero-order valence-electron chi connectivity index (χ0n) is 19.7. The van der Waals surface area contributed by atoms with Crippen LogP contribution >= 0.6 is 0 Å². The van der Waals surface area contributed by atoms with Crippen molar-refractivity contribution in [1.29, 1.82) is 0 Å². The fourth-order valence-electron chi connectivity index (χ4n) is 6.11. The van der Waals surface area contributed by atoms with Crippen LogP contribution in [0.5, 0.6) is 0 Å². The SMILES string of the molecule is Cc1cccc([C@@H]2c3[nH]c4ccccc4c3C[C@H]3C(=O)N(CCC4=CCCCC4)CC(=O)N23)c1. The second kappa shape index (κ2) is 8.46. The summed E-state index contributed by atoms with van der Waals surface area (Å²) in [5.74, 6) is 0.127. The number of fused-ring (bicyclic) bond motifs is 4. The lowest BCUT2D eigenvalue weighted by Crippen LogP contribution is -2.63. The first-order chi connectivity index (χ1) is 16.6. The Kier molecular flexibility index (Phi) is 5.28. The zero-order chi connectivity index (χ0) is 23.2. The highest BCUT2D eigenvalue weighted by Crippen LogP contribution is 2.42. The van der Waals surface area contributed by atoms with E-state index in [9.17, 15) is 9.59 Å². The number of aromatic nitrogens is 1. The molecule has 5 nitrogen and oxygen atoms in total. The molecule has 1 saturated heterocycles. The first-order valence-corrected chi connectivity index (χ1v) is 12.5. The Hall–Kier alpha value is -3.34. The van der Waals surface area contributed by atoms with Crippen LogP contribution in [0, 0.1) is 6.92 Å². The summed E-state index contributed by atoms with van der Waals surface area (Å²) in [6.45, 7) is 2.87. The quantitative estimate of drug-likeness (QED) is 0.562. The highest BCUT2D eigenvalue weighted by Gasteiger charge is 2.48. The molecule has 5 heteroatoms. The first-order valence-electron chi connectivity index (χ1n) is 12.5. The lowest BCUT2D eigenvalue weighted by Gasteiger charge is -2.47. The van der Waals surface area contributed by atoms with E-state index < -0.39 is 6.04 Å². The van der Waals surface area contributed by atoms with Crippen LogP contribution in [0.4, 0.5) is 0 Å². The molecule has 174 valence electrons. The van der Waals surface area contributed by atoms with Crippen molar-refractivity contribution in [3.63, 3.8) is 0 Å². The Morgan fingerprint density at radius 3 is 2.76 bits per heavy atom. The monoisotopic (exact) mass is 453 g/mol. The van der Waals surface area contributed by atoms with Crippen LogP contribution in [-0.2, 0) is 16.0 Å². The van der Waals surface area contributed by atoms with Crippen LogP contribution in [-0.4, -0.2) is 45.7 Å². The standard InChI is InChI=1S/C29H31N3O2/c1-19-8-7-11-21(16-19)28-27-23(22-12-5-6-13-24(22)30-27)17-25-29(34)31(18-26(33)32(25)28)15-14-20-9-3-2-4-10-20/h5-9,11-13,16,25,28,30H,2-4,10,14-15,17-18H2,1H3/t25-,28+/m0/s1. The summed E-state index contributed by atoms with van der Waals surface area (Å²) < 4.78 is 0. The molecule has 3 aliphatic rings. The number of para-hydroxylation sites is 1. The van der Waals surface area contributed by atoms with E-state index in [2.05, 4.69) is 48.3 Å². The Labute approximate surface area is 200 Å². The fourth-order valence-corrected chi connectivity index (χ4v) is 6.11. The van der Waals surface area contributed by atoms with Gasteiger partial charge in [-0.15, -0.1) is 0 Å². The predicted octanol–water partition coefficient (Wildman–Crippen LogP) is 5.05. The van der Waals surface area contributed by atoms with Gasteiger partial charge in [-0.3, -0.25) is 9.59 Å². The zero-order valence-corrected chi connectivity index (χ0v) is 19.7. The molecule has 3 heterocycles. The number of nitrogens with zero attached hydrogens (tertiary/aromatic N) is 2. The lowest BCUT2D eigenvalue weighted by atomic mass is 9.85. The molecule has 3 aromatic rings. The molecule has 0 unspecified atom stereocenters. The molecule has 2 atom stereocenters. The molecule has 0 saturated carbocycles. The molecule has 1 aliphatic carbocycles. The van der Waals surface area contributed by atoms with Gasteiger partial charge < -0.3 is 14.8 Å². The third-order valence-electron chi connectivity index (χ3n) is 7.79. The van der Waals surface area contributed by atoms with Crippen LogP contribution < -0.4 is 0 Å². The van der Waals surface area contributed by atoms with Gasteiger partial charge in [0.05, 0.1) is 12.6 Å². The molecule has 0 spiro atoms. The van der Waals surface area contributed by atoms with E-state index >= 15 is 0 Å². The summed E-state index contributed by atoms with van der Waals surface area (Å²) in [5, 5.41) is 1.15. The average Bonchev–Trinajstić information content (AvgIpc) is 3.23. The van der Waals surface area contributed by atoms with Crippen molar-refractivity contribution < 1.29 is 9.59 Å². The van der Waals surface area contributed by atoms with Crippen LogP contribution in [0.25, 0.3) is 10.9 Å². The van der Waals surface area contributed by atoms with Gasteiger partial charge in [0.25, 0.3) is 0 Å². The summed E-state index contributed by atoms with van der Waals surface area (Å²) >= 11 is 0. The maximum atomic E-state index is 13.8. The summed E-state index contributed by atoms with van der Waals surface area (Å²) in [5.41, 5.74) is 6.92. The third-order valence-corrected chi connectivity index (χ3v) is 7.79. The number of aryl methyl sites for hydroxylation is 1. The minimum Gasteiger partial charge on any atom is -0.356 e. The highest BCUT2D eigenvalue weighted by molar-refractivity contribution is 5.97. The van der Waals surface area contributed by atoms with Crippen molar-refractivity contribution >= 4 is 22.7 Å². The maximum Gasteiger partial charge on any atom is 0.246 e. The Morgan fingerprint density at radius 1 is 1.06 bits per heavy atom. The van der Waals surface area contributed by atoms with Crippen LogP contribution in [0.3, 0.4) is 0 Å². The van der Waals surface area contributed by atoms with Crippen molar-refractivity contribution in [3.05, 3.63) is 82.6 Å². The lowest BCUT2D eigenvalue weighted by molar-refractivity contribution is -0.158. The van der Waals surface area contributed by atoms with Crippen LogP contribution in [0.15, 0.2) is 60.2 Å². The second-order valence-electron chi connectivity index (χ2n) is 10.0. The van der Waals surface area contributed by atoms with Gasteiger partial charge in [0.2, 0.25) is 11.8 Å². The van der Waals surface area contributed by atoms with Gasteiger partial charge in [0.15, 0.2) is 0 Å². The van der Waals surface area contributed by atoms with E-state index in [1.807, 2.05) is 28.0 Å². The maximum absolute atomic E-state index is 13.8. The van der Waals surface area contributed by atoms with Crippen molar-refractivity contribution in [2.45, 2.75) is 57.5 Å². The number of H-pyrrole nitrogens is 1. The van der Waals surface area contributed by atoms with E-state index in [0.29, 0.717) is 13.0 Å². The third kappa shape index (κ3) is 3.54. The van der Waals surface area contributed by atoms with Crippen molar-refractivity contribution in [1.82, 2.24) is 14.8 Å². The normalized spacial score (nSPS) is 22.6. The number of carbonyl (C=O) groups is 2. The molecule has 1 N–H and O–H groups in total. The first kappa shape index (κ1) is 21.2. The topological polar surface area (TPSA) is 56.4 Å². The number of aromatic amines is 1. The molecule has 2 aliphatic heterocycles. The van der Waals surface area contributed by atoms with E-state index in [0.717, 1.165) is 47.0 Å².